The van der Waals surface area contributed by atoms with E-state index in [0.717, 1.165) is 10.6 Å². The average molecular weight is 466 g/mol. The van der Waals surface area contributed by atoms with Crippen LogP contribution >= 0.6 is 0 Å². The Morgan fingerprint density at radius 2 is 1.41 bits per heavy atom. The second kappa shape index (κ2) is 10.0. The van der Waals surface area contributed by atoms with E-state index in [1.54, 1.807) is 53.4 Å². The van der Waals surface area contributed by atoms with Crippen molar-refractivity contribution in [3.05, 3.63) is 59.7 Å². The van der Waals surface area contributed by atoms with Gasteiger partial charge in [-0.05, 0) is 36.4 Å². The highest BCUT2D eigenvalue weighted by Gasteiger charge is 2.40. The van der Waals surface area contributed by atoms with Gasteiger partial charge >= 0.3 is 6.09 Å². The van der Waals surface area contributed by atoms with Crippen LogP contribution in [-0.2, 0) is 14.3 Å². The third-order valence-corrected chi connectivity index (χ3v) is 5.60. The minimum atomic E-state index is -0.629. The number of hydrogen-bond acceptors (Lipinski definition) is 6. The Balaban J connectivity index is 0.000000868. The number of nitrogens with zero attached hydrogens (tertiary/aromatic N) is 3. The van der Waals surface area contributed by atoms with Gasteiger partial charge < -0.3 is 14.4 Å². The number of ether oxygens (including phenoxy) is 2. The maximum Gasteiger partial charge on any atom is 0.414 e. The van der Waals surface area contributed by atoms with E-state index < -0.39 is 12.2 Å². The van der Waals surface area contributed by atoms with E-state index in [1.165, 1.54) is 11.3 Å². The number of benzene rings is 2. The van der Waals surface area contributed by atoms with Gasteiger partial charge in [-0.25, -0.2) is 4.79 Å². The molecule has 3 aliphatic rings. The molecule has 9 nitrogen and oxygen atoms in total. The molecule has 2 saturated heterocycles. The predicted octanol–water partition coefficient (Wildman–Crippen LogP) is 3.09. The van der Waals surface area contributed by atoms with Crippen molar-refractivity contribution >= 4 is 35.2 Å². The van der Waals surface area contributed by atoms with E-state index in [-0.39, 0.29) is 37.4 Å². The maximum atomic E-state index is 12.6. The molecule has 0 bridgehead atoms. The molecule has 0 N–H and O–H groups in total. The van der Waals surface area contributed by atoms with E-state index >= 15 is 0 Å². The number of fused-ring (bicyclic) bond motifs is 1. The summed E-state index contributed by atoms with van der Waals surface area (Å²) >= 11 is 0. The largest absolute Gasteiger partial charge is 0.442 e. The summed E-state index contributed by atoms with van der Waals surface area (Å²) in [5, 5.41) is 0. The Bertz CT molecular complexity index is 1070. The monoisotopic (exact) mass is 465 g/mol. The molecule has 2 fully saturated rings. The molecule has 1 atom stereocenters. The highest BCUT2D eigenvalue weighted by molar-refractivity contribution is 6.21. The molecule has 34 heavy (non-hydrogen) atoms. The van der Waals surface area contributed by atoms with Crippen molar-refractivity contribution in [1.29, 1.82) is 0 Å². The van der Waals surface area contributed by atoms with E-state index in [2.05, 4.69) is 13.8 Å². The van der Waals surface area contributed by atoms with Crippen LogP contribution in [0.2, 0.25) is 0 Å². The normalized spacial score (nSPS) is 19.7. The summed E-state index contributed by atoms with van der Waals surface area (Å²) in [5.74, 6) is -0.871. The van der Waals surface area contributed by atoms with E-state index in [1.807, 2.05) is 0 Å². The van der Waals surface area contributed by atoms with Crippen molar-refractivity contribution < 1.29 is 28.7 Å². The number of rotatable bonds is 4. The van der Waals surface area contributed by atoms with E-state index in [9.17, 15) is 19.2 Å². The molecular formula is C25H27N3O6. The van der Waals surface area contributed by atoms with Crippen molar-refractivity contribution in [1.82, 2.24) is 4.90 Å². The highest BCUT2D eigenvalue weighted by Crippen LogP contribution is 2.28. The van der Waals surface area contributed by atoms with Crippen LogP contribution in [-0.4, -0.2) is 67.7 Å². The average Bonchev–Trinajstić information content (AvgIpc) is 3.33. The van der Waals surface area contributed by atoms with Crippen molar-refractivity contribution in [3.8, 4) is 0 Å². The summed E-state index contributed by atoms with van der Waals surface area (Å²) < 4.78 is 10.6. The maximum absolute atomic E-state index is 12.6. The van der Waals surface area contributed by atoms with Crippen LogP contribution in [0.5, 0.6) is 0 Å². The summed E-state index contributed by atoms with van der Waals surface area (Å²) in [6, 6.07) is 13.7. The molecule has 0 spiro atoms. The smallest absolute Gasteiger partial charge is 0.414 e. The topological polar surface area (TPSA) is 96.5 Å². The fourth-order valence-corrected chi connectivity index (χ4v) is 4.04. The number of hydrogen-bond donors (Lipinski definition) is 0. The zero-order valence-electron chi connectivity index (χ0n) is 19.2. The predicted molar refractivity (Wildman–Crippen MR) is 125 cm³/mol. The van der Waals surface area contributed by atoms with Gasteiger partial charge in [0, 0.05) is 17.9 Å². The first-order valence-electron chi connectivity index (χ1n) is 11.4. The number of carbonyl (C=O) groups excluding carboxylic acids is 4. The molecule has 9 heteroatoms. The number of cyclic esters (lactones) is 1. The fraction of sp³-hybridized carbons (Fsp3) is 0.360. The van der Waals surface area contributed by atoms with Gasteiger partial charge in [0.15, 0.2) is 0 Å². The van der Waals surface area contributed by atoms with Crippen LogP contribution in [0.4, 0.5) is 16.2 Å². The van der Waals surface area contributed by atoms with Crippen LogP contribution in [0.3, 0.4) is 0 Å². The summed E-state index contributed by atoms with van der Waals surface area (Å²) in [5.41, 5.74) is 2.07. The van der Waals surface area contributed by atoms with Gasteiger partial charge in [0.1, 0.15) is 12.7 Å². The van der Waals surface area contributed by atoms with Gasteiger partial charge in [0.05, 0.1) is 30.8 Å². The van der Waals surface area contributed by atoms with Crippen LogP contribution in [0.25, 0.3) is 0 Å². The lowest BCUT2D eigenvalue weighted by molar-refractivity contribution is -0.125. The minimum Gasteiger partial charge on any atom is -0.442 e. The number of imide groups is 1. The molecule has 178 valence electrons. The zero-order valence-corrected chi connectivity index (χ0v) is 19.2. The SMILES string of the molecule is CCC.O=C1c2ccccc2C(=O)N1CC1CN(c2ccc(N3CCOCC3=O)cc2)C(=O)O1. The summed E-state index contributed by atoms with van der Waals surface area (Å²) in [6.45, 7) is 5.47. The van der Waals surface area contributed by atoms with Crippen LogP contribution in [0, 0.1) is 0 Å². The molecule has 4 amide bonds. The Morgan fingerprint density at radius 1 is 0.853 bits per heavy atom. The molecular weight excluding hydrogens is 438 g/mol. The van der Waals surface area contributed by atoms with E-state index in [4.69, 9.17) is 9.47 Å². The zero-order chi connectivity index (χ0) is 24.2. The molecule has 2 aromatic rings. The molecule has 2 aromatic carbocycles. The molecule has 3 aliphatic heterocycles. The van der Waals surface area contributed by atoms with Crippen LogP contribution in [0.1, 0.15) is 41.0 Å². The van der Waals surface area contributed by atoms with Gasteiger partial charge in [-0.15, -0.1) is 0 Å². The third-order valence-electron chi connectivity index (χ3n) is 5.60. The van der Waals surface area contributed by atoms with Crippen molar-refractivity contribution in [2.75, 3.05) is 42.6 Å². The number of anilines is 2. The second-order valence-corrected chi connectivity index (χ2v) is 8.20. The standard InChI is InChI=1S/C22H19N3O6.C3H8/c26-19-13-30-10-9-23(19)14-5-7-15(8-6-14)24-11-16(31-22(24)29)12-25-20(27)17-3-1-2-4-18(17)21(25)28;1-3-2/h1-8,16H,9-13H2;3H2,1-2H3. The second-order valence-electron chi connectivity index (χ2n) is 8.20. The van der Waals surface area contributed by atoms with Gasteiger partial charge in [0.2, 0.25) is 0 Å². The lowest BCUT2D eigenvalue weighted by Gasteiger charge is -2.27. The van der Waals surface area contributed by atoms with Gasteiger partial charge in [0.25, 0.3) is 17.7 Å². The first kappa shape index (κ1) is 23.4. The van der Waals surface area contributed by atoms with Crippen molar-refractivity contribution in [3.63, 3.8) is 0 Å². The quantitative estimate of drug-likeness (QED) is 0.644. The van der Waals surface area contributed by atoms with Crippen LogP contribution in [0.15, 0.2) is 48.5 Å². The Hall–Kier alpha value is -3.72. The lowest BCUT2D eigenvalue weighted by atomic mass is 10.1. The number of carbonyl (C=O) groups is 4. The number of morpholine rings is 1. The van der Waals surface area contributed by atoms with Gasteiger partial charge in [-0.2, -0.15) is 0 Å². The molecule has 0 saturated carbocycles. The summed E-state index contributed by atoms with van der Waals surface area (Å²) in [7, 11) is 0. The van der Waals surface area contributed by atoms with Crippen molar-refractivity contribution in [2.24, 2.45) is 0 Å². The molecule has 0 radical (unpaired) electrons. The Labute approximate surface area is 197 Å². The lowest BCUT2D eigenvalue weighted by Crippen LogP contribution is -2.41. The van der Waals surface area contributed by atoms with Crippen LogP contribution < -0.4 is 9.80 Å². The van der Waals surface area contributed by atoms with Gasteiger partial charge in [-0.1, -0.05) is 32.4 Å². The third kappa shape index (κ3) is 4.51. The summed E-state index contributed by atoms with van der Waals surface area (Å²) in [4.78, 5) is 53.7. The first-order chi connectivity index (χ1) is 16.4. The fourth-order valence-electron chi connectivity index (χ4n) is 4.04. The van der Waals surface area contributed by atoms with E-state index in [0.29, 0.717) is 30.0 Å². The number of amides is 4. The van der Waals surface area contributed by atoms with Crippen molar-refractivity contribution in [2.45, 2.75) is 26.4 Å². The molecule has 0 aliphatic carbocycles. The molecule has 1 unspecified atom stereocenters. The Morgan fingerprint density at radius 3 is 1.97 bits per heavy atom. The molecule has 0 aromatic heterocycles. The minimum absolute atomic E-state index is 0.00501. The molecule has 3 heterocycles. The molecule has 5 rings (SSSR count). The Kier molecular flexibility index (Phi) is 6.93. The summed E-state index contributed by atoms with van der Waals surface area (Å²) in [6.07, 6.45) is 0.0759. The highest BCUT2D eigenvalue weighted by atomic mass is 16.6. The van der Waals surface area contributed by atoms with Gasteiger partial charge in [-0.3, -0.25) is 24.2 Å². The first-order valence-corrected chi connectivity index (χ1v) is 11.4.